The number of aromatic nitrogens is 2. The number of halogens is 1. The summed E-state index contributed by atoms with van der Waals surface area (Å²) >= 11 is 7.00. The first-order valence-corrected chi connectivity index (χ1v) is 9.19. The summed E-state index contributed by atoms with van der Waals surface area (Å²) in [5.74, 6) is 1.78. The zero-order valence-electron chi connectivity index (χ0n) is 13.4. The number of ether oxygens (including phenoxy) is 2. The summed E-state index contributed by atoms with van der Waals surface area (Å²) in [6, 6.07) is 14.1. The normalized spacial score (nSPS) is 15.7. The van der Waals surface area contributed by atoms with Crippen LogP contribution in [-0.4, -0.2) is 28.3 Å². The number of benzene rings is 2. The predicted molar refractivity (Wildman–Crippen MR) is 96.1 cm³/mol. The maximum atomic E-state index is 12.2. The molecule has 0 N–H and O–H groups in total. The quantitative estimate of drug-likeness (QED) is 0.478. The molecule has 8 heteroatoms. The number of ketones is 1. The average molecular weight is 389 g/mol. The Balaban J connectivity index is 1.38. The Morgan fingerprint density at radius 1 is 1.12 bits per heavy atom. The number of hydrogen-bond acceptors (Lipinski definition) is 7. The third kappa shape index (κ3) is 3.68. The van der Waals surface area contributed by atoms with Gasteiger partial charge in [0.1, 0.15) is 6.61 Å². The molecule has 1 aliphatic heterocycles. The molecule has 0 bridgehead atoms. The second kappa shape index (κ2) is 7.39. The van der Waals surface area contributed by atoms with Gasteiger partial charge in [0.15, 0.2) is 17.3 Å². The first kappa shape index (κ1) is 16.9. The highest BCUT2D eigenvalue weighted by Gasteiger charge is 2.27. The maximum Gasteiger partial charge on any atom is 0.277 e. The molecule has 26 heavy (non-hydrogen) atoms. The van der Waals surface area contributed by atoms with Gasteiger partial charge in [-0.05, 0) is 36.4 Å². The third-order valence-corrected chi connectivity index (χ3v) is 4.77. The van der Waals surface area contributed by atoms with Crippen molar-refractivity contribution in [1.82, 2.24) is 10.2 Å². The van der Waals surface area contributed by atoms with Crippen molar-refractivity contribution in [3.05, 3.63) is 65.0 Å². The number of nitrogens with zero attached hydrogens (tertiary/aromatic N) is 2. The van der Waals surface area contributed by atoms with Gasteiger partial charge in [0.25, 0.3) is 11.1 Å². The molecule has 3 aromatic rings. The van der Waals surface area contributed by atoms with Crippen molar-refractivity contribution in [3.8, 4) is 11.5 Å². The smallest absolute Gasteiger partial charge is 0.277 e. The highest BCUT2D eigenvalue weighted by molar-refractivity contribution is 7.99. The molecule has 0 spiro atoms. The zero-order chi connectivity index (χ0) is 17.9. The standard InChI is InChI=1S/C18H13ClN2O4S/c19-12-7-5-11(6-8-12)13(22)10-26-18-21-20-17(25-18)16-9-23-14-3-1-2-4-15(14)24-16/h1-8,16H,9-10H2/t16-/m1/s1. The monoisotopic (exact) mass is 388 g/mol. The molecule has 0 saturated carbocycles. The molecule has 1 aliphatic rings. The van der Waals surface area contributed by atoms with Gasteiger partial charge in [-0.2, -0.15) is 0 Å². The molecule has 4 rings (SSSR count). The Hall–Kier alpha value is -2.51. The molecule has 2 heterocycles. The van der Waals surface area contributed by atoms with Crippen molar-refractivity contribution in [3.63, 3.8) is 0 Å². The molecule has 1 aromatic heterocycles. The second-order valence-electron chi connectivity index (χ2n) is 5.49. The van der Waals surface area contributed by atoms with Gasteiger partial charge in [0, 0.05) is 10.6 Å². The van der Waals surface area contributed by atoms with Crippen molar-refractivity contribution in [2.45, 2.75) is 11.3 Å². The summed E-state index contributed by atoms with van der Waals surface area (Å²) in [6.07, 6.45) is -0.473. The predicted octanol–water partition coefficient (Wildman–Crippen LogP) is 4.21. The molecule has 0 radical (unpaired) electrons. The molecule has 1 atom stereocenters. The number of para-hydroxylation sites is 2. The van der Waals surface area contributed by atoms with Crippen molar-refractivity contribution < 1.29 is 18.7 Å². The lowest BCUT2D eigenvalue weighted by Gasteiger charge is -2.23. The van der Waals surface area contributed by atoms with Crippen LogP contribution in [0.4, 0.5) is 0 Å². The number of thioether (sulfide) groups is 1. The van der Waals surface area contributed by atoms with Crippen molar-refractivity contribution in [2.75, 3.05) is 12.4 Å². The Kier molecular flexibility index (Phi) is 4.81. The number of Topliss-reactive ketones (excluding diaryl/α,β-unsaturated/α-hetero) is 1. The van der Waals surface area contributed by atoms with Crippen LogP contribution in [0.2, 0.25) is 5.02 Å². The number of hydrogen-bond donors (Lipinski definition) is 0. The van der Waals surface area contributed by atoms with Gasteiger partial charge < -0.3 is 13.9 Å². The molecular formula is C18H13ClN2O4S. The van der Waals surface area contributed by atoms with Gasteiger partial charge in [-0.3, -0.25) is 4.79 Å². The molecule has 0 fully saturated rings. The van der Waals surface area contributed by atoms with Crippen LogP contribution in [0.15, 0.2) is 58.2 Å². The Morgan fingerprint density at radius 3 is 2.69 bits per heavy atom. The number of rotatable bonds is 5. The highest BCUT2D eigenvalue weighted by atomic mass is 35.5. The van der Waals surface area contributed by atoms with Crippen LogP contribution in [-0.2, 0) is 0 Å². The van der Waals surface area contributed by atoms with Gasteiger partial charge in [-0.1, -0.05) is 35.5 Å². The topological polar surface area (TPSA) is 74.5 Å². The van der Waals surface area contributed by atoms with Crippen LogP contribution in [0.25, 0.3) is 0 Å². The molecule has 0 saturated heterocycles. The van der Waals surface area contributed by atoms with E-state index in [4.69, 9.17) is 25.5 Å². The first-order chi connectivity index (χ1) is 12.7. The minimum Gasteiger partial charge on any atom is -0.485 e. The van der Waals surface area contributed by atoms with E-state index in [2.05, 4.69) is 10.2 Å². The van der Waals surface area contributed by atoms with Crippen molar-refractivity contribution >= 4 is 29.1 Å². The van der Waals surface area contributed by atoms with Crippen LogP contribution in [0.1, 0.15) is 22.4 Å². The SMILES string of the molecule is O=C(CSc1nnc([C@H]2COc3ccccc3O2)o1)c1ccc(Cl)cc1. The van der Waals surface area contributed by atoms with Gasteiger partial charge in [0.05, 0.1) is 5.75 Å². The Bertz CT molecular complexity index is 929. The summed E-state index contributed by atoms with van der Waals surface area (Å²) in [5, 5.41) is 8.87. The lowest BCUT2D eigenvalue weighted by molar-refractivity contribution is 0.0686. The lowest BCUT2D eigenvalue weighted by atomic mass is 10.1. The molecule has 0 aliphatic carbocycles. The fourth-order valence-electron chi connectivity index (χ4n) is 2.40. The Morgan fingerprint density at radius 2 is 1.88 bits per heavy atom. The van der Waals surface area contributed by atoms with Gasteiger partial charge >= 0.3 is 0 Å². The van der Waals surface area contributed by atoms with Gasteiger partial charge in [0.2, 0.25) is 6.10 Å². The van der Waals surface area contributed by atoms with Crippen molar-refractivity contribution in [2.24, 2.45) is 0 Å². The van der Waals surface area contributed by atoms with E-state index in [1.54, 1.807) is 24.3 Å². The van der Waals surface area contributed by atoms with E-state index in [0.29, 0.717) is 33.2 Å². The van der Waals surface area contributed by atoms with Gasteiger partial charge in [-0.25, -0.2) is 0 Å². The van der Waals surface area contributed by atoms with Crippen LogP contribution >= 0.6 is 23.4 Å². The van der Waals surface area contributed by atoms with Crippen LogP contribution in [0, 0.1) is 0 Å². The van der Waals surface area contributed by atoms with E-state index < -0.39 is 6.10 Å². The van der Waals surface area contributed by atoms with E-state index >= 15 is 0 Å². The molecule has 2 aromatic carbocycles. The second-order valence-corrected chi connectivity index (χ2v) is 6.85. The summed E-state index contributed by atoms with van der Waals surface area (Å²) in [7, 11) is 0. The van der Waals surface area contributed by atoms with E-state index in [9.17, 15) is 4.79 Å². The minimum atomic E-state index is -0.473. The zero-order valence-corrected chi connectivity index (χ0v) is 15.0. The molecular weight excluding hydrogens is 376 g/mol. The summed E-state index contributed by atoms with van der Waals surface area (Å²) in [4.78, 5) is 12.2. The summed E-state index contributed by atoms with van der Waals surface area (Å²) < 4.78 is 17.1. The largest absolute Gasteiger partial charge is 0.485 e. The van der Waals surface area contributed by atoms with Crippen LogP contribution < -0.4 is 9.47 Å². The fourth-order valence-corrected chi connectivity index (χ4v) is 3.19. The van der Waals surface area contributed by atoms with Crippen LogP contribution in [0.3, 0.4) is 0 Å². The van der Waals surface area contributed by atoms with Crippen LogP contribution in [0.5, 0.6) is 11.5 Å². The average Bonchev–Trinajstić information content (AvgIpc) is 3.15. The van der Waals surface area contributed by atoms with Crippen molar-refractivity contribution in [1.29, 1.82) is 0 Å². The fraction of sp³-hybridized carbons (Fsp3) is 0.167. The third-order valence-electron chi connectivity index (χ3n) is 3.70. The number of fused-ring (bicyclic) bond motifs is 1. The lowest BCUT2D eigenvalue weighted by Crippen LogP contribution is -2.21. The molecule has 0 amide bonds. The molecule has 0 unspecified atom stereocenters. The molecule has 6 nitrogen and oxygen atoms in total. The highest BCUT2D eigenvalue weighted by Crippen LogP contribution is 2.35. The van der Waals surface area contributed by atoms with E-state index in [1.165, 1.54) is 11.8 Å². The summed E-state index contributed by atoms with van der Waals surface area (Å²) in [6.45, 7) is 0.285. The molecule has 132 valence electrons. The van der Waals surface area contributed by atoms with E-state index in [1.807, 2.05) is 24.3 Å². The maximum absolute atomic E-state index is 12.2. The Labute approximate surface area is 158 Å². The number of carbonyl (C=O) groups excluding carboxylic acids is 1. The first-order valence-electron chi connectivity index (χ1n) is 7.82. The number of carbonyl (C=O) groups is 1. The summed E-state index contributed by atoms with van der Waals surface area (Å²) in [5.41, 5.74) is 0.585. The van der Waals surface area contributed by atoms with Gasteiger partial charge in [-0.15, -0.1) is 10.2 Å². The van der Waals surface area contributed by atoms with E-state index in [-0.39, 0.29) is 18.1 Å². The minimum absolute atomic E-state index is 0.0439. The van der Waals surface area contributed by atoms with E-state index in [0.717, 1.165) is 0 Å².